The van der Waals surface area contributed by atoms with Crippen LogP contribution in [0.4, 0.5) is 0 Å². The van der Waals surface area contributed by atoms with E-state index in [2.05, 4.69) is 20.8 Å². The van der Waals surface area contributed by atoms with Gasteiger partial charge in [0.05, 0.1) is 16.6 Å². The molecule has 0 saturated heterocycles. The average molecular weight is 316 g/mol. The Morgan fingerprint density at radius 2 is 2.04 bits per heavy atom. The van der Waals surface area contributed by atoms with Gasteiger partial charge in [0.1, 0.15) is 0 Å². The molecule has 2 aromatic rings. The lowest BCUT2D eigenvalue weighted by Crippen LogP contribution is -2.29. The fourth-order valence-electron chi connectivity index (χ4n) is 2.53. The Morgan fingerprint density at radius 1 is 1.30 bits per heavy atom. The first kappa shape index (κ1) is 15.5. The maximum atomic E-state index is 12.5. The van der Waals surface area contributed by atoms with Crippen LogP contribution in [0, 0.1) is 6.92 Å². The van der Waals surface area contributed by atoms with Crippen molar-refractivity contribution in [1.82, 2.24) is 20.8 Å². The van der Waals surface area contributed by atoms with Gasteiger partial charge in [-0.2, -0.15) is 0 Å². The molecule has 2 aromatic heterocycles. The van der Waals surface area contributed by atoms with Crippen LogP contribution < -0.4 is 10.6 Å². The topological polar surface area (TPSA) is 97.1 Å². The molecular weight excluding hydrogens is 296 g/mol. The van der Waals surface area contributed by atoms with Crippen molar-refractivity contribution in [2.75, 3.05) is 13.1 Å². The molecule has 0 aromatic carbocycles. The molecule has 0 unspecified atom stereocenters. The van der Waals surface area contributed by atoms with Crippen molar-refractivity contribution in [3.05, 3.63) is 23.0 Å². The minimum atomic E-state index is -0.159. The number of rotatable bonds is 6. The van der Waals surface area contributed by atoms with Crippen molar-refractivity contribution in [3.8, 4) is 0 Å². The van der Waals surface area contributed by atoms with Gasteiger partial charge in [-0.3, -0.25) is 9.59 Å². The minimum absolute atomic E-state index is 0.0682. The summed E-state index contributed by atoms with van der Waals surface area (Å²) in [5.74, 6) is 0.200. The molecule has 0 spiro atoms. The first-order chi connectivity index (χ1) is 11.1. The van der Waals surface area contributed by atoms with Crippen LogP contribution in [0.3, 0.4) is 0 Å². The lowest BCUT2D eigenvalue weighted by atomic mass is 10.1. The average Bonchev–Trinajstić information content (AvgIpc) is 3.30. The van der Waals surface area contributed by atoms with E-state index in [4.69, 9.17) is 4.52 Å². The zero-order valence-corrected chi connectivity index (χ0v) is 13.3. The van der Waals surface area contributed by atoms with Gasteiger partial charge in [0.15, 0.2) is 0 Å². The van der Waals surface area contributed by atoms with E-state index in [1.165, 1.54) is 6.92 Å². The van der Waals surface area contributed by atoms with E-state index in [1.54, 1.807) is 6.92 Å². The maximum absolute atomic E-state index is 12.5. The highest BCUT2D eigenvalue weighted by Crippen LogP contribution is 2.40. The summed E-state index contributed by atoms with van der Waals surface area (Å²) in [6, 6.07) is 1.85. The number of amides is 2. The fourth-order valence-corrected chi connectivity index (χ4v) is 2.53. The zero-order valence-electron chi connectivity index (χ0n) is 13.3. The van der Waals surface area contributed by atoms with Crippen molar-refractivity contribution in [2.24, 2.45) is 0 Å². The molecule has 1 saturated carbocycles. The molecule has 2 N–H and O–H groups in total. The number of hydrogen-bond acceptors (Lipinski definition) is 5. The van der Waals surface area contributed by atoms with Crippen LogP contribution in [0.25, 0.3) is 11.1 Å². The van der Waals surface area contributed by atoms with Crippen LogP contribution in [0.1, 0.15) is 53.8 Å². The summed E-state index contributed by atoms with van der Waals surface area (Å²) in [5, 5.41) is 10.2. The molecule has 0 aliphatic heterocycles. The Hall–Kier alpha value is -2.44. The van der Waals surface area contributed by atoms with Gasteiger partial charge < -0.3 is 15.2 Å². The molecule has 0 atom stereocenters. The number of carbonyl (C=O) groups excluding carboxylic acids is 2. The summed E-state index contributed by atoms with van der Waals surface area (Å²) in [5.41, 5.74) is 2.56. The van der Waals surface area contributed by atoms with Crippen LogP contribution >= 0.6 is 0 Å². The molecule has 2 amide bonds. The van der Waals surface area contributed by atoms with Gasteiger partial charge in [-0.1, -0.05) is 5.16 Å². The molecule has 122 valence electrons. The van der Waals surface area contributed by atoms with E-state index in [9.17, 15) is 9.59 Å². The van der Waals surface area contributed by atoms with Crippen molar-refractivity contribution >= 4 is 22.9 Å². The van der Waals surface area contributed by atoms with Gasteiger partial charge in [-0.25, -0.2) is 4.98 Å². The third-order valence-electron chi connectivity index (χ3n) is 3.89. The summed E-state index contributed by atoms with van der Waals surface area (Å²) in [4.78, 5) is 27.8. The number of pyridine rings is 1. The Balaban J connectivity index is 1.73. The zero-order chi connectivity index (χ0) is 16.4. The van der Waals surface area contributed by atoms with Crippen LogP contribution in [0.15, 0.2) is 10.6 Å². The molecule has 3 rings (SSSR count). The van der Waals surface area contributed by atoms with Crippen molar-refractivity contribution in [2.45, 2.75) is 39.0 Å². The molecule has 7 heteroatoms. The highest BCUT2D eigenvalue weighted by atomic mass is 16.5. The van der Waals surface area contributed by atoms with Gasteiger partial charge in [0, 0.05) is 31.6 Å². The maximum Gasteiger partial charge on any atom is 0.259 e. The molecule has 1 fully saturated rings. The minimum Gasteiger partial charge on any atom is -0.356 e. The van der Waals surface area contributed by atoms with Crippen molar-refractivity contribution in [1.29, 1.82) is 0 Å². The monoisotopic (exact) mass is 316 g/mol. The normalized spacial score (nSPS) is 14.0. The first-order valence-corrected chi connectivity index (χ1v) is 7.86. The third-order valence-corrected chi connectivity index (χ3v) is 3.89. The summed E-state index contributed by atoms with van der Waals surface area (Å²) in [7, 11) is 0. The molecule has 2 heterocycles. The van der Waals surface area contributed by atoms with Crippen LogP contribution in [0.5, 0.6) is 0 Å². The molecule has 23 heavy (non-hydrogen) atoms. The summed E-state index contributed by atoms with van der Waals surface area (Å²) in [6.07, 6.45) is 2.88. The highest BCUT2D eigenvalue weighted by Gasteiger charge is 2.28. The first-order valence-electron chi connectivity index (χ1n) is 7.86. The van der Waals surface area contributed by atoms with Crippen LogP contribution in [-0.2, 0) is 4.79 Å². The smallest absolute Gasteiger partial charge is 0.259 e. The second kappa shape index (κ2) is 6.36. The van der Waals surface area contributed by atoms with Crippen LogP contribution in [0.2, 0.25) is 0 Å². The van der Waals surface area contributed by atoms with Gasteiger partial charge in [0.25, 0.3) is 11.6 Å². The number of fused-ring (bicyclic) bond motifs is 1. The van der Waals surface area contributed by atoms with E-state index < -0.39 is 0 Å². The summed E-state index contributed by atoms with van der Waals surface area (Å²) in [6.45, 7) is 4.31. The SMILES string of the molecule is CC(=O)NCCCNC(=O)c1cc(C2CC2)nc2onc(C)c12. The number of nitrogens with zero attached hydrogens (tertiary/aromatic N) is 2. The standard InChI is InChI=1S/C16H20N4O3/c1-9-14-12(15(22)18-7-3-6-17-10(2)21)8-13(11-4-5-11)19-16(14)23-20-9/h8,11H,3-7H2,1-2H3,(H,17,21)(H,18,22). The van der Waals surface area contributed by atoms with Crippen LogP contribution in [-0.4, -0.2) is 35.0 Å². The number of aromatic nitrogens is 2. The quantitative estimate of drug-likeness (QED) is 0.790. The predicted octanol–water partition coefficient (Wildman–Crippen LogP) is 1.66. The second-order valence-electron chi connectivity index (χ2n) is 5.91. The van der Waals surface area contributed by atoms with Gasteiger partial charge in [0.2, 0.25) is 5.91 Å². The van der Waals surface area contributed by atoms with Crippen molar-refractivity contribution < 1.29 is 14.1 Å². The highest BCUT2D eigenvalue weighted by molar-refractivity contribution is 6.06. The van der Waals surface area contributed by atoms with Crippen molar-refractivity contribution in [3.63, 3.8) is 0 Å². The summed E-state index contributed by atoms with van der Waals surface area (Å²) < 4.78 is 5.24. The lowest BCUT2D eigenvalue weighted by molar-refractivity contribution is -0.118. The molecular formula is C16H20N4O3. The molecule has 1 aliphatic carbocycles. The lowest BCUT2D eigenvalue weighted by Gasteiger charge is -2.08. The van der Waals surface area contributed by atoms with Gasteiger partial charge in [-0.05, 0) is 32.3 Å². The van der Waals surface area contributed by atoms with Gasteiger partial charge >= 0.3 is 0 Å². The molecule has 1 aliphatic rings. The summed E-state index contributed by atoms with van der Waals surface area (Å²) >= 11 is 0. The number of carbonyl (C=O) groups is 2. The van der Waals surface area contributed by atoms with E-state index in [0.29, 0.717) is 47.8 Å². The Morgan fingerprint density at radius 3 is 2.74 bits per heavy atom. The Kier molecular flexibility index (Phi) is 4.27. The molecule has 7 nitrogen and oxygen atoms in total. The fraction of sp³-hybridized carbons (Fsp3) is 0.500. The number of nitrogens with one attached hydrogen (secondary N) is 2. The second-order valence-corrected chi connectivity index (χ2v) is 5.91. The van der Waals surface area contributed by atoms with E-state index in [0.717, 1.165) is 18.5 Å². The number of aryl methyl sites for hydroxylation is 1. The predicted molar refractivity (Wildman–Crippen MR) is 84.1 cm³/mol. The third kappa shape index (κ3) is 3.49. The van der Waals surface area contributed by atoms with E-state index >= 15 is 0 Å². The van der Waals surface area contributed by atoms with E-state index in [1.807, 2.05) is 6.07 Å². The number of hydrogen-bond donors (Lipinski definition) is 2. The molecule has 0 bridgehead atoms. The Bertz CT molecular complexity index is 749. The molecule has 0 radical (unpaired) electrons. The van der Waals surface area contributed by atoms with Gasteiger partial charge in [-0.15, -0.1) is 0 Å². The Labute approximate surface area is 133 Å². The largest absolute Gasteiger partial charge is 0.356 e. The van der Waals surface area contributed by atoms with E-state index in [-0.39, 0.29) is 11.8 Å².